The molecule has 3 amide bonds. The number of piperazine rings is 1. The van der Waals surface area contributed by atoms with Crippen molar-refractivity contribution in [1.82, 2.24) is 61.6 Å². The molecule has 12 heterocycles. The predicted molar refractivity (Wildman–Crippen MR) is 346 cm³/mol. The van der Waals surface area contributed by atoms with Gasteiger partial charge in [-0.1, -0.05) is 41.7 Å². The minimum absolute atomic E-state index is 0.0182. The number of fused-ring (bicyclic) bond motifs is 12. The Morgan fingerprint density at radius 3 is 1.65 bits per heavy atom. The number of carbonyl (C=O) groups excluding carboxylic acids is 3. The number of piperidine rings is 2. The molecule has 26 heteroatoms. The first kappa shape index (κ1) is 61.3. The summed E-state index contributed by atoms with van der Waals surface area (Å²) in [4.78, 5) is 48.1. The molecule has 0 radical (unpaired) electrons. The Morgan fingerprint density at radius 1 is 0.629 bits per heavy atom. The first-order chi connectivity index (χ1) is 42.8. The molecule has 20 nitrogen and oxygen atoms in total. The second-order valence-electron chi connectivity index (χ2n) is 24.5. The Balaban J connectivity index is 0.000000116. The molecule has 468 valence electrons. The third-order valence-electron chi connectivity index (χ3n) is 18.1. The van der Waals surface area contributed by atoms with E-state index in [-0.39, 0.29) is 35.1 Å². The van der Waals surface area contributed by atoms with Crippen molar-refractivity contribution in [1.29, 1.82) is 0 Å². The van der Waals surface area contributed by atoms with Crippen molar-refractivity contribution in [3.63, 3.8) is 0 Å². The van der Waals surface area contributed by atoms with Gasteiger partial charge in [-0.2, -0.15) is 33.6 Å². The first-order valence-electron chi connectivity index (χ1n) is 30.0. The monoisotopic (exact) mass is 1280 g/mol. The van der Waals surface area contributed by atoms with Gasteiger partial charge in [0.05, 0.1) is 58.3 Å². The Kier molecular flexibility index (Phi) is 17.5. The van der Waals surface area contributed by atoms with Crippen LogP contribution in [-0.2, 0) is 15.8 Å². The van der Waals surface area contributed by atoms with Crippen molar-refractivity contribution >= 4 is 125 Å². The molecule has 5 aromatic carbocycles. The highest BCUT2D eigenvalue weighted by molar-refractivity contribution is 6.32. The Morgan fingerprint density at radius 2 is 1.13 bits per heavy atom. The summed E-state index contributed by atoms with van der Waals surface area (Å²) >= 11 is 18.6. The third kappa shape index (κ3) is 13.3. The average molecular weight is 1280 g/mol. The van der Waals surface area contributed by atoms with Gasteiger partial charge in [0.2, 0.25) is 11.8 Å². The number of likely N-dealkylation sites (N-methyl/N-ethyl adjacent to an activating group) is 1. The number of aromatic amines is 4. The summed E-state index contributed by atoms with van der Waals surface area (Å²) in [5.41, 5.74) is 8.44. The van der Waals surface area contributed by atoms with E-state index < -0.39 is 11.7 Å². The fourth-order valence-electron chi connectivity index (χ4n) is 13.4. The van der Waals surface area contributed by atoms with Crippen molar-refractivity contribution < 1.29 is 27.6 Å². The van der Waals surface area contributed by atoms with Crippen LogP contribution in [0.3, 0.4) is 0 Å². The van der Waals surface area contributed by atoms with E-state index in [9.17, 15) is 27.6 Å². The molecule has 17 rings (SSSR count). The van der Waals surface area contributed by atoms with Gasteiger partial charge in [-0.3, -0.25) is 34.8 Å². The molecule has 7 N–H and O–H groups in total. The largest absolute Gasteiger partial charge is 0.416 e. The second kappa shape index (κ2) is 25.5. The third-order valence-corrected chi connectivity index (χ3v) is 18.8. The number of rotatable bonds is 8. The number of alkyl halides is 3. The van der Waals surface area contributed by atoms with E-state index in [1.54, 1.807) is 32.1 Å². The molecule has 8 saturated heterocycles. The molecule has 4 aromatic heterocycles. The molecule has 9 aromatic rings. The number of H-pyrrole nitrogens is 4. The van der Waals surface area contributed by atoms with Gasteiger partial charge in [-0.05, 0) is 111 Å². The Hall–Kier alpha value is -7.99. The summed E-state index contributed by atoms with van der Waals surface area (Å²) in [6, 6.07) is 22.4. The minimum Gasteiger partial charge on any atom is -0.370 e. The summed E-state index contributed by atoms with van der Waals surface area (Å²) < 4.78 is 39.7. The highest BCUT2D eigenvalue weighted by Crippen LogP contribution is 2.41. The van der Waals surface area contributed by atoms with Gasteiger partial charge >= 0.3 is 6.18 Å². The molecule has 0 saturated carbocycles. The lowest BCUT2D eigenvalue weighted by atomic mass is 9.81. The van der Waals surface area contributed by atoms with Crippen molar-refractivity contribution in [2.75, 3.05) is 117 Å². The highest BCUT2D eigenvalue weighted by Gasteiger charge is 2.42. The maximum atomic E-state index is 13.2. The van der Waals surface area contributed by atoms with Crippen LogP contribution in [0.15, 0.2) is 97.6 Å². The number of amides is 3. The number of carbonyl (C=O) groups is 3. The predicted octanol–water partition coefficient (Wildman–Crippen LogP) is 10.1. The van der Waals surface area contributed by atoms with E-state index in [0.29, 0.717) is 57.9 Å². The summed E-state index contributed by atoms with van der Waals surface area (Å²) in [7, 11) is 3.42. The van der Waals surface area contributed by atoms with Crippen LogP contribution in [0.2, 0.25) is 15.1 Å². The molecule has 8 aliphatic rings. The molecule has 89 heavy (non-hydrogen) atoms. The quantitative estimate of drug-likeness (QED) is 0.0754. The number of hydrogen-bond acceptors (Lipinski definition) is 13. The van der Waals surface area contributed by atoms with Gasteiger partial charge in [0.15, 0.2) is 0 Å². The minimum atomic E-state index is -4.43. The van der Waals surface area contributed by atoms with Crippen molar-refractivity contribution in [3.05, 3.63) is 124 Å². The Labute approximate surface area is 527 Å². The van der Waals surface area contributed by atoms with E-state index in [1.807, 2.05) is 78.1 Å². The summed E-state index contributed by atoms with van der Waals surface area (Å²) in [5, 5.41) is 43.2. The van der Waals surface area contributed by atoms with Crippen molar-refractivity contribution in [2.24, 2.45) is 17.3 Å². The number of anilines is 5. The average Bonchev–Trinajstić information content (AvgIpc) is 1.81. The smallest absolute Gasteiger partial charge is 0.370 e. The maximum Gasteiger partial charge on any atom is 0.416 e. The normalized spacial score (nSPS) is 20.5. The molecule has 4 bridgehead atoms. The maximum absolute atomic E-state index is 13.2. The zero-order valence-electron chi connectivity index (χ0n) is 49.8. The number of nitrogens with one attached hydrogen (secondary N) is 7. The summed E-state index contributed by atoms with van der Waals surface area (Å²) in [6.07, 6.45) is 7.00. The van der Waals surface area contributed by atoms with Crippen LogP contribution in [-0.4, -0.2) is 168 Å². The van der Waals surface area contributed by atoms with Gasteiger partial charge in [-0.15, -0.1) is 0 Å². The topological polar surface area (TPSA) is 221 Å². The fourth-order valence-corrected chi connectivity index (χ4v) is 14.0. The standard InChI is InChI=1S/C19H20ClN5O.C16H17F3N4O.C14H17ClN4O.C14H17ClN4/c1-21-19(26)13-2-4-15(5-3-13)24-6-8-25(9-7-24)18-11-14(20)10-17-16(18)12-22-23-17;1-22-11-3-2-9(15(22)24)7-23(8-11)14-5-10(16(17,18)19)4-13-12(14)6-20-21-13;1-9(20)16-6-14(2)7-19(8-14)13-4-10(15)3-12-11(13)5-17-18-12;15-10-3-13-12(6-17-18-13)14(4-10)19-7-9-1-2-11(8-19)16-5-9/h2-5,10-12H,6-9H2,1H3,(H,21,26)(H,22,23);4-6,9,11H,2-3,7-8H2,1H3,(H,20,21);3-5H,6-8H2,1-2H3,(H,16,20)(H,17,18);3-4,6,9,11,16H,1-2,5,7-8H2,(H,17,18)/t;9-,11+;;9-,11-/m.1.0/s1. The lowest BCUT2D eigenvalue weighted by Crippen LogP contribution is -2.59. The van der Waals surface area contributed by atoms with E-state index in [1.165, 1.54) is 30.0 Å². The number of hydrogen-bond donors (Lipinski definition) is 7. The molecular weight excluding hydrogens is 1210 g/mol. The van der Waals surface area contributed by atoms with E-state index >= 15 is 0 Å². The van der Waals surface area contributed by atoms with Gasteiger partial charge in [0.1, 0.15) is 0 Å². The zero-order valence-corrected chi connectivity index (χ0v) is 52.1. The molecule has 8 fully saturated rings. The van der Waals surface area contributed by atoms with Gasteiger partial charge < -0.3 is 45.3 Å². The van der Waals surface area contributed by atoms with E-state index in [2.05, 4.69) is 89.3 Å². The number of aromatic nitrogens is 8. The Bertz CT molecular complexity index is 4000. The van der Waals surface area contributed by atoms with Crippen LogP contribution in [0.4, 0.5) is 41.6 Å². The van der Waals surface area contributed by atoms with Crippen LogP contribution >= 0.6 is 34.8 Å². The molecule has 0 unspecified atom stereocenters. The van der Waals surface area contributed by atoms with Crippen molar-refractivity contribution in [3.8, 4) is 0 Å². The fraction of sp³-hybridized carbons (Fsp3) is 0.413. The summed E-state index contributed by atoms with van der Waals surface area (Å²) in [5.74, 6) is 0.630. The van der Waals surface area contributed by atoms with Crippen LogP contribution < -0.4 is 40.4 Å². The zero-order chi connectivity index (χ0) is 62.3. The lowest BCUT2D eigenvalue weighted by molar-refractivity contribution is -0.138. The van der Waals surface area contributed by atoms with Crippen LogP contribution in [0.25, 0.3) is 43.6 Å². The molecule has 0 aliphatic carbocycles. The van der Waals surface area contributed by atoms with Gasteiger partial charge in [-0.25, -0.2) is 0 Å². The SMILES string of the molecule is CC(=O)NCC1(C)CN(c2cc(Cl)cc3[nH]ncc23)C1.CN1C(=O)[C@@H]2CC[C@H]1CN(c1cc(C(F)(F)F)cc3[nH]ncc13)C2.CNC(=O)c1ccc(N2CCN(c3cc(Cl)cc4[nH]ncc34)CC2)cc1.Clc1cc(N2C[C@H]3CC[C@@H](C2)NC3)c2cn[nH]c2c1. The summed E-state index contributed by atoms with van der Waals surface area (Å²) in [6.45, 7) is 14.2. The number of benzene rings is 5. The molecule has 4 atom stereocenters. The highest BCUT2D eigenvalue weighted by atomic mass is 35.5. The van der Waals surface area contributed by atoms with E-state index in [0.717, 1.165) is 133 Å². The van der Waals surface area contributed by atoms with Crippen molar-refractivity contribution in [2.45, 2.75) is 57.8 Å². The lowest BCUT2D eigenvalue weighted by Gasteiger charge is -2.49. The molecular formula is C63H71Cl3F3N17O3. The van der Waals surface area contributed by atoms with Gasteiger partial charge in [0, 0.05) is 181 Å². The number of nitrogens with zero attached hydrogens (tertiary/aromatic N) is 10. The van der Waals surface area contributed by atoms with E-state index in [4.69, 9.17) is 34.8 Å². The molecule has 8 aliphatic heterocycles. The van der Waals surface area contributed by atoms with Crippen LogP contribution in [0, 0.1) is 17.3 Å². The second-order valence-corrected chi connectivity index (χ2v) is 25.8. The van der Waals surface area contributed by atoms with Crippen LogP contribution in [0.1, 0.15) is 55.5 Å². The van der Waals surface area contributed by atoms with Crippen LogP contribution in [0.5, 0.6) is 0 Å². The first-order valence-corrected chi connectivity index (χ1v) is 31.1. The van der Waals surface area contributed by atoms with Gasteiger partial charge in [0.25, 0.3) is 5.91 Å². The number of halogens is 6. The molecule has 0 spiro atoms.